The van der Waals surface area contributed by atoms with Crippen LogP contribution in [-0.2, 0) is 16.0 Å². The van der Waals surface area contributed by atoms with Crippen molar-refractivity contribution in [3.05, 3.63) is 29.8 Å². The van der Waals surface area contributed by atoms with E-state index in [0.29, 0.717) is 19.3 Å². The third kappa shape index (κ3) is 5.65. The highest BCUT2D eigenvalue weighted by Gasteiger charge is 2.24. The lowest BCUT2D eigenvalue weighted by Crippen LogP contribution is -2.34. The highest BCUT2D eigenvalue weighted by atomic mass is 16.5. The highest BCUT2D eigenvalue weighted by Crippen LogP contribution is 2.21. The fourth-order valence-corrected chi connectivity index (χ4v) is 2.80. The maximum absolute atomic E-state index is 5.91. The molecule has 1 aliphatic rings. The Bertz CT molecular complexity index is 414. The monoisotopic (exact) mass is 293 g/mol. The second kappa shape index (κ2) is 8.37. The summed E-state index contributed by atoms with van der Waals surface area (Å²) in [5, 5.41) is 3.14. The first-order chi connectivity index (χ1) is 10.2. The van der Waals surface area contributed by atoms with Crippen LogP contribution in [0, 0.1) is 0 Å². The van der Waals surface area contributed by atoms with Gasteiger partial charge in [-0.3, -0.25) is 0 Å². The van der Waals surface area contributed by atoms with Crippen LogP contribution in [0.5, 0.6) is 5.75 Å². The van der Waals surface area contributed by atoms with Crippen LogP contribution in [0.4, 0.5) is 0 Å². The fourth-order valence-electron chi connectivity index (χ4n) is 2.80. The third-order valence-corrected chi connectivity index (χ3v) is 3.64. The summed E-state index contributed by atoms with van der Waals surface area (Å²) in [6.07, 6.45) is 2.82. The van der Waals surface area contributed by atoms with E-state index in [1.807, 2.05) is 19.2 Å². The van der Waals surface area contributed by atoms with Crippen LogP contribution in [0.1, 0.15) is 32.3 Å². The SMILES string of the molecule is CNCc1cccc(OCCOC2CC(C)OC(C)C2)c1. The molecular weight excluding hydrogens is 266 g/mol. The zero-order chi connectivity index (χ0) is 15.1. The number of nitrogens with one attached hydrogen (secondary N) is 1. The lowest BCUT2D eigenvalue weighted by Gasteiger charge is -2.31. The summed E-state index contributed by atoms with van der Waals surface area (Å²) in [6.45, 7) is 6.28. The summed E-state index contributed by atoms with van der Waals surface area (Å²) >= 11 is 0. The highest BCUT2D eigenvalue weighted by molar-refractivity contribution is 5.28. The van der Waals surface area contributed by atoms with E-state index in [4.69, 9.17) is 14.2 Å². The molecule has 0 bridgehead atoms. The summed E-state index contributed by atoms with van der Waals surface area (Å²) in [5.74, 6) is 0.903. The minimum atomic E-state index is 0.290. The Kier molecular flexibility index (Phi) is 6.49. The van der Waals surface area contributed by atoms with Crippen molar-refractivity contribution in [1.82, 2.24) is 5.32 Å². The summed E-state index contributed by atoms with van der Waals surface area (Å²) < 4.78 is 17.4. The van der Waals surface area contributed by atoms with E-state index in [1.165, 1.54) is 5.56 Å². The van der Waals surface area contributed by atoms with Gasteiger partial charge < -0.3 is 19.5 Å². The zero-order valence-corrected chi connectivity index (χ0v) is 13.3. The van der Waals surface area contributed by atoms with Crippen LogP contribution in [0.2, 0.25) is 0 Å². The van der Waals surface area contributed by atoms with Gasteiger partial charge in [0.25, 0.3) is 0 Å². The molecule has 2 atom stereocenters. The molecule has 1 aromatic rings. The Morgan fingerprint density at radius 3 is 2.67 bits per heavy atom. The zero-order valence-electron chi connectivity index (χ0n) is 13.3. The van der Waals surface area contributed by atoms with E-state index >= 15 is 0 Å². The maximum atomic E-state index is 5.91. The van der Waals surface area contributed by atoms with E-state index < -0.39 is 0 Å². The lowest BCUT2D eigenvalue weighted by atomic mass is 10.0. The molecular formula is C17H27NO3. The molecule has 2 unspecified atom stereocenters. The molecule has 1 saturated heterocycles. The van der Waals surface area contributed by atoms with Crippen LogP contribution in [0.15, 0.2) is 24.3 Å². The average molecular weight is 293 g/mol. The van der Waals surface area contributed by atoms with Gasteiger partial charge in [-0.15, -0.1) is 0 Å². The number of hydrogen-bond donors (Lipinski definition) is 1. The normalized spacial score (nSPS) is 25.8. The summed E-state index contributed by atoms with van der Waals surface area (Å²) in [7, 11) is 1.94. The van der Waals surface area contributed by atoms with E-state index in [0.717, 1.165) is 25.1 Å². The Hall–Kier alpha value is -1.10. The minimum absolute atomic E-state index is 0.290. The Balaban J connectivity index is 1.68. The predicted molar refractivity (Wildman–Crippen MR) is 83.7 cm³/mol. The lowest BCUT2D eigenvalue weighted by molar-refractivity contribution is -0.104. The van der Waals surface area contributed by atoms with Gasteiger partial charge in [0.15, 0.2) is 0 Å². The molecule has 0 amide bonds. The van der Waals surface area contributed by atoms with Gasteiger partial charge in [0.2, 0.25) is 0 Å². The molecule has 2 rings (SSSR count). The topological polar surface area (TPSA) is 39.7 Å². The van der Waals surface area contributed by atoms with Crippen molar-refractivity contribution in [3.8, 4) is 5.75 Å². The molecule has 0 aromatic heterocycles. The van der Waals surface area contributed by atoms with Crippen LogP contribution in [-0.4, -0.2) is 38.6 Å². The molecule has 4 nitrogen and oxygen atoms in total. The second-order valence-electron chi connectivity index (χ2n) is 5.75. The molecule has 4 heteroatoms. The molecule has 1 aromatic carbocycles. The van der Waals surface area contributed by atoms with Crippen LogP contribution in [0.3, 0.4) is 0 Å². The van der Waals surface area contributed by atoms with Crippen molar-refractivity contribution in [3.63, 3.8) is 0 Å². The molecule has 1 aliphatic heterocycles. The van der Waals surface area contributed by atoms with Crippen LogP contribution in [0.25, 0.3) is 0 Å². The van der Waals surface area contributed by atoms with Gasteiger partial charge in [-0.2, -0.15) is 0 Å². The molecule has 0 saturated carbocycles. The van der Waals surface area contributed by atoms with Crippen molar-refractivity contribution in [2.45, 2.75) is 51.5 Å². The standard InChI is InChI=1S/C17H27NO3/c1-13-9-17(10-14(2)21-13)20-8-7-19-16-6-4-5-15(11-16)12-18-3/h4-6,11,13-14,17-18H,7-10,12H2,1-3H3. The first-order valence-electron chi connectivity index (χ1n) is 7.80. The predicted octanol–water partition coefficient (Wildman–Crippen LogP) is 2.76. The van der Waals surface area contributed by atoms with E-state index in [-0.39, 0.29) is 12.2 Å². The Morgan fingerprint density at radius 1 is 1.19 bits per heavy atom. The van der Waals surface area contributed by atoms with Crippen molar-refractivity contribution >= 4 is 0 Å². The Morgan fingerprint density at radius 2 is 1.95 bits per heavy atom. The smallest absolute Gasteiger partial charge is 0.119 e. The summed E-state index contributed by atoms with van der Waals surface area (Å²) in [4.78, 5) is 0. The first kappa shape index (κ1) is 16.3. The van der Waals surface area contributed by atoms with Crippen molar-refractivity contribution < 1.29 is 14.2 Å². The maximum Gasteiger partial charge on any atom is 0.119 e. The number of benzene rings is 1. The van der Waals surface area contributed by atoms with Gasteiger partial charge >= 0.3 is 0 Å². The molecule has 1 heterocycles. The molecule has 0 aliphatic carbocycles. The number of ether oxygens (including phenoxy) is 3. The van der Waals surface area contributed by atoms with Crippen molar-refractivity contribution in [1.29, 1.82) is 0 Å². The molecule has 1 fully saturated rings. The number of rotatable bonds is 7. The van der Waals surface area contributed by atoms with E-state index in [2.05, 4.69) is 31.3 Å². The van der Waals surface area contributed by atoms with Gasteiger partial charge in [-0.1, -0.05) is 12.1 Å². The Labute approximate surface area is 127 Å². The second-order valence-corrected chi connectivity index (χ2v) is 5.75. The summed E-state index contributed by atoms with van der Waals surface area (Å²) in [5.41, 5.74) is 1.22. The van der Waals surface area contributed by atoms with Crippen molar-refractivity contribution in [2.24, 2.45) is 0 Å². The van der Waals surface area contributed by atoms with E-state index in [1.54, 1.807) is 0 Å². The quantitative estimate of drug-likeness (QED) is 0.785. The first-order valence-corrected chi connectivity index (χ1v) is 7.80. The third-order valence-electron chi connectivity index (χ3n) is 3.64. The van der Waals surface area contributed by atoms with Gasteiger partial charge in [0, 0.05) is 6.54 Å². The molecule has 118 valence electrons. The van der Waals surface area contributed by atoms with Crippen LogP contribution < -0.4 is 10.1 Å². The molecule has 1 N–H and O–H groups in total. The molecule has 21 heavy (non-hydrogen) atoms. The minimum Gasteiger partial charge on any atom is -0.491 e. The summed E-state index contributed by atoms with van der Waals surface area (Å²) in [6, 6.07) is 8.15. The van der Waals surface area contributed by atoms with Gasteiger partial charge in [-0.25, -0.2) is 0 Å². The largest absolute Gasteiger partial charge is 0.491 e. The molecule has 0 spiro atoms. The fraction of sp³-hybridized carbons (Fsp3) is 0.647. The van der Waals surface area contributed by atoms with Crippen molar-refractivity contribution in [2.75, 3.05) is 20.3 Å². The van der Waals surface area contributed by atoms with Gasteiger partial charge in [0.05, 0.1) is 24.9 Å². The van der Waals surface area contributed by atoms with Gasteiger partial charge in [0.1, 0.15) is 12.4 Å². The van der Waals surface area contributed by atoms with Crippen LogP contribution >= 0.6 is 0 Å². The molecule has 0 radical (unpaired) electrons. The average Bonchev–Trinajstić information content (AvgIpc) is 2.43. The van der Waals surface area contributed by atoms with E-state index in [9.17, 15) is 0 Å². The number of hydrogen-bond acceptors (Lipinski definition) is 4. The van der Waals surface area contributed by atoms with Gasteiger partial charge in [-0.05, 0) is 51.4 Å².